The summed E-state index contributed by atoms with van der Waals surface area (Å²) < 4.78 is 17.5. The largest absolute Gasteiger partial charge is 0.371 e. The van der Waals surface area contributed by atoms with Gasteiger partial charge in [0.1, 0.15) is 11.6 Å². The van der Waals surface area contributed by atoms with E-state index in [4.69, 9.17) is 11.6 Å². The fourth-order valence-corrected chi connectivity index (χ4v) is 5.56. The molecule has 1 aliphatic rings. The fraction of sp³-hybridized carbons (Fsp3) is 0.357. The summed E-state index contributed by atoms with van der Waals surface area (Å²) in [4.78, 5) is 11.1. The zero-order valence-electron chi connectivity index (χ0n) is 21.0. The molecular weight excluding hydrogens is 475 g/mol. The van der Waals surface area contributed by atoms with Crippen LogP contribution in [-0.4, -0.2) is 58.8 Å². The summed E-state index contributed by atoms with van der Waals surface area (Å²) in [5, 5.41) is 5.02. The van der Waals surface area contributed by atoms with E-state index >= 15 is 4.39 Å². The molecule has 2 aromatic heterocycles. The maximum absolute atomic E-state index is 15.8. The molecule has 0 spiro atoms. The van der Waals surface area contributed by atoms with Crippen LogP contribution in [0, 0.1) is 5.82 Å². The lowest BCUT2D eigenvalue weighted by molar-refractivity contribution is 0.186. The Kier molecular flexibility index (Phi) is 7.12. The van der Waals surface area contributed by atoms with E-state index in [2.05, 4.69) is 33.7 Å². The van der Waals surface area contributed by atoms with Crippen LogP contribution in [0.1, 0.15) is 26.7 Å². The van der Waals surface area contributed by atoms with E-state index in [0.29, 0.717) is 22.4 Å². The molecule has 1 saturated heterocycles. The van der Waals surface area contributed by atoms with Crippen molar-refractivity contribution in [2.45, 2.75) is 32.7 Å². The molecule has 6 nitrogen and oxygen atoms in total. The number of anilines is 3. The lowest BCUT2D eigenvalue weighted by Crippen LogP contribution is -2.45. The number of halogens is 2. The van der Waals surface area contributed by atoms with E-state index in [1.165, 1.54) is 0 Å². The van der Waals surface area contributed by atoms with Crippen LogP contribution >= 0.6 is 11.6 Å². The first-order valence-corrected chi connectivity index (χ1v) is 13.0. The van der Waals surface area contributed by atoms with Crippen molar-refractivity contribution in [1.82, 2.24) is 19.5 Å². The summed E-state index contributed by atoms with van der Waals surface area (Å²) in [6.07, 6.45) is 5.58. The van der Waals surface area contributed by atoms with Gasteiger partial charge in [-0.1, -0.05) is 37.6 Å². The Morgan fingerprint density at radius 3 is 2.53 bits per heavy atom. The molecule has 2 aromatic carbocycles. The predicted octanol–water partition coefficient (Wildman–Crippen LogP) is 6.27. The van der Waals surface area contributed by atoms with Crippen molar-refractivity contribution in [3.05, 3.63) is 71.8 Å². The van der Waals surface area contributed by atoms with Crippen LogP contribution in [0.25, 0.3) is 16.8 Å². The molecule has 188 valence electrons. The Labute approximate surface area is 216 Å². The first-order valence-electron chi connectivity index (χ1n) is 12.6. The lowest BCUT2D eigenvalue weighted by Gasteiger charge is -2.39. The van der Waals surface area contributed by atoms with E-state index in [9.17, 15) is 0 Å². The minimum atomic E-state index is -0.300. The summed E-state index contributed by atoms with van der Waals surface area (Å²) in [5.74, 6) is 0.442. The minimum absolute atomic E-state index is 0.300. The zero-order chi connectivity index (χ0) is 25.2. The molecule has 0 radical (unpaired) electrons. The minimum Gasteiger partial charge on any atom is -0.371 e. The molecule has 0 atom stereocenters. The Balaban J connectivity index is 1.56. The molecule has 0 aliphatic carbocycles. The third-order valence-electron chi connectivity index (χ3n) is 7.31. The molecule has 0 unspecified atom stereocenters. The number of benzene rings is 2. The van der Waals surface area contributed by atoms with Gasteiger partial charge in [0.25, 0.3) is 0 Å². The molecule has 1 aliphatic heterocycles. The van der Waals surface area contributed by atoms with E-state index in [1.807, 2.05) is 54.4 Å². The molecule has 0 N–H and O–H groups in total. The van der Waals surface area contributed by atoms with Crippen molar-refractivity contribution in [3.8, 4) is 11.1 Å². The van der Waals surface area contributed by atoms with Crippen LogP contribution in [0.15, 0.2) is 60.9 Å². The molecular formula is C28H32ClFN6. The van der Waals surface area contributed by atoms with Crippen LogP contribution in [0.4, 0.5) is 21.6 Å². The molecule has 4 aromatic rings. The average Bonchev–Trinajstić information content (AvgIpc) is 3.38. The van der Waals surface area contributed by atoms with Crippen molar-refractivity contribution in [2.24, 2.45) is 0 Å². The van der Waals surface area contributed by atoms with Crippen LogP contribution in [0.2, 0.25) is 5.02 Å². The highest BCUT2D eigenvalue weighted by Crippen LogP contribution is 2.40. The summed E-state index contributed by atoms with van der Waals surface area (Å²) in [7, 11) is 1.87. The Morgan fingerprint density at radius 1 is 1.03 bits per heavy atom. The number of hydrogen-bond acceptors (Lipinski definition) is 5. The number of nitrogens with zero attached hydrogens (tertiary/aromatic N) is 6. The molecule has 5 rings (SSSR count). The second-order valence-electron chi connectivity index (χ2n) is 9.23. The number of hydrogen-bond donors (Lipinski definition) is 0. The van der Waals surface area contributed by atoms with E-state index in [0.717, 1.165) is 61.7 Å². The van der Waals surface area contributed by atoms with Gasteiger partial charge in [-0.3, -0.25) is 0 Å². The van der Waals surface area contributed by atoms with Crippen LogP contribution in [0.3, 0.4) is 0 Å². The maximum atomic E-state index is 15.8. The van der Waals surface area contributed by atoms with E-state index in [-0.39, 0.29) is 5.82 Å². The van der Waals surface area contributed by atoms with Crippen molar-refractivity contribution in [3.63, 3.8) is 0 Å². The van der Waals surface area contributed by atoms with E-state index in [1.54, 1.807) is 23.0 Å². The first kappa shape index (κ1) is 24.5. The quantitative estimate of drug-likeness (QED) is 0.295. The summed E-state index contributed by atoms with van der Waals surface area (Å²) in [5.41, 5.74) is 3.99. The van der Waals surface area contributed by atoms with Crippen molar-refractivity contribution in [2.75, 3.05) is 43.0 Å². The van der Waals surface area contributed by atoms with Gasteiger partial charge in [-0.25, -0.2) is 9.37 Å². The molecule has 8 heteroatoms. The Morgan fingerprint density at radius 2 is 1.81 bits per heavy atom. The zero-order valence-corrected chi connectivity index (χ0v) is 21.8. The predicted molar refractivity (Wildman–Crippen MR) is 146 cm³/mol. The molecule has 0 bridgehead atoms. The van der Waals surface area contributed by atoms with Gasteiger partial charge in [0.2, 0.25) is 0 Å². The third kappa shape index (κ3) is 4.65. The van der Waals surface area contributed by atoms with Gasteiger partial charge in [0.15, 0.2) is 5.65 Å². The number of fused-ring (bicyclic) bond motifs is 1. The van der Waals surface area contributed by atoms with Gasteiger partial charge >= 0.3 is 0 Å². The van der Waals surface area contributed by atoms with Gasteiger partial charge in [0.05, 0.1) is 11.9 Å². The first-order chi connectivity index (χ1) is 17.5. The second-order valence-corrected chi connectivity index (χ2v) is 9.67. The summed E-state index contributed by atoms with van der Waals surface area (Å²) in [6, 6.07) is 15.5. The summed E-state index contributed by atoms with van der Waals surface area (Å²) >= 11 is 6.33. The second kappa shape index (κ2) is 10.4. The van der Waals surface area contributed by atoms with Gasteiger partial charge in [-0.15, -0.1) is 0 Å². The van der Waals surface area contributed by atoms with Gasteiger partial charge in [-0.2, -0.15) is 9.61 Å². The highest BCUT2D eigenvalue weighted by atomic mass is 35.5. The van der Waals surface area contributed by atoms with Gasteiger partial charge in [-0.05, 0) is 61.8 Å². The highest BCUT2D eigenvalue weighted by molar-refractivity contribution is 6.30. The van der Waals surface area contributed by atoms with Crippen LogP contribution in [0.5, 0.6) is 0 Å². The average molecular weight is 507 g/mol. The topological polar surface area (TPSA) is 39.9 Å². The number of aromatic nitrogens is 3. The fourth-order valence-electron chi connectivity index (χ4n) is 5.37. The normalized spacial score (nSPS) is 14.7. The Hall–Kier alpha value is -3.16. The number of piperidine rings is 1. The third-order valence-corrected chi connectivity index (χ3v) is 7.54. The molecule has 3 heterocycles. The van der Waals surface area contributed by atoms with Crippen LogP contribution in [-0.2, 0) is 0 Å². The lowest BCUT2D eigenvalue weighted by atomic mass is 9.97. The number of rotatable bonds is 7. The Bertz CT molecular complexity index is 1340. The highest BCUT2D eigenvalue weighted by Gasteiger charge is 2.26. The molecule has 0 amide bonds. The van der Waals surface area contributed by atoms with Crippen LogP contribution < -0.4 is 9.80 Å². The SMILES string of the molecule is CCN(CC)C1CCN(c2cc(N(C)c3ccnc4ccnn34)c(F)cc2-c2cccc(Cl)c2)CC1. The van der Waals surface area contributed by atoms with Crippen molar-refractivity contribution >= 4 is 34.4 Å². The monoisotopic (exact) mass is 506 g/mol. The van der Waals surface area contributed by atoms with Gasteiger partial charge in [0, 0.05) is 54.7 Å². The molecule has 0 saturated carbocycles. The van der Waals surface area contributed by atoms with Gasteiger partial charge < -0.3 is 14.7 Å². The van der Waals surface area contributed by atoms with E-state index < -0.39 is 0 Å². The smallest absolute Gasteiger partial charge is 0.157 e. The molecule has 36 heavy (non-hydrogen) atoms. The summed E-state index contributed by atoms with van der Waals surface area (Å²) in [6.45, 7) is 8.42. The van der Waals surface area contributed by atoms with Crippen molar-refractivity contribution < 1.29 is 4.39 Å². The maximum Gasteiger partial charge on any atom is 0.157 e. The van der Waals surface area contributed by atoms with Crippen molar-refractivity contribution in [1.29, 1.82) is 0 Å². The molecule has 1 fully saturated rings. The standard InChI is InChI=1S/C28H32ClFN6/c1-4-34(5-2)22-11-15-35(16-12-22)25-19-26(24(30)18-23(25)20-7-6-8-21(29)17-20)33(3)28-10-13-31-27-9-14-32-36(27)28/h6-10,13-14,17-19,22H,4-5,11-12,15-16H2,1-3H3.